The fourth-order valence-corrected chi connectivity index (χ4v) is 3.25. The fourth-order valence-electron chi connectivity index (χ4n) is 2.22. The molecule has 0 bridgehead atoms. The average molecular weight is 269 g/mol. The molecule has 1 aromatic heterocycles. The summed E-state index contributed by atoms with van der Waals surface area (Å²) >= 11 is 1.30. The minimum Gasteiger partial charge on any atom is -0.477 e. The van der Waals surface area contributed by atoms with Crippen LogP contribution < -0.4 is 4.90 Å². The molecule has 1 atom stereocenters. The lowest BCUT2D eigenvalue weighted by molar-refractivity contribution is 0.0701. The Morgan fingerprint density at radius 2 is 2.33 bits per heavy atom. The summed E-state index contributed by atoms with van der Waals surface area (Å²) in [6.45, 7) is 3.83. The summed E-state index contributed by atoms with van der Waals surface area (Å²) in [4.78, 5) is 20.4. The Morgan fingerprint density at radius 3 is 2.78 bits per heavy atom. The van der Waals surface area contributed by atoms with E-state index in [-0.39, 0.29) is 0 Å². The number of nitrogens with zero attached hydrogens (tertiary/aromatic N) is 3. The van der Waals surface area contributed by atoms with Crippen LogP contribution in [-0.4, -0.2) is 54.2 Å². The Balaban J connectivity index is 2.17. The number of aromatic nitrogens is 1. The zero-order valence-electron chi connectivity index (χ0n) is 11.0. The van der Waals surface area contributed by atoms with Gasteiger partial charge in [-0.3, -0.25) is 0 Å². The van der Waals surface area contributed by atoms with Gasteiger partial charge >= 0.3 is 5.97 Å². The Hall–Kier alpha value is -1.14. The molecule has 1 N–H and O–H groups in total. The van der Waals surface area contributed by atoms with E-state index >= 15 is 0 Å². The molecule has 0 saturated carbocycles. The van der Waals surface area contributed by atoms with Crippen molar-refractivity contribution >= 4 is 22.4 Å². The number of hydrogen-bond donors (Lipinski definition) is 1. The standard InChI is InChI=1S/C12H19N3O2S/c1-4-9-10(11(16)17)18-12(13-9)15-6-5-8(7-15)14(2)3/h8H,4-7H2,1-3H3,(H,16,17). The van der Waals surface area contributed by atoms with Crippen LogP contribution in [0.4, 0.5) is 5.13 Å². The minimum atomic E-state index is -0.862. The van der Waals surface area contributed by atoms with Crippen LogP contribution in [0.15, 0.2) is 0 Å². The monoisotopic (exact) mass is 269 g/mol. The molecule has 6 heteroatoms. The summed E-state index contributed by atoms with van der Waals surface area (Å²) in [5, 5.41) is 9.99. The fraction of sp³-hybridized carbons (Fsp3) is 0.667. The lowest BCUT2D eigenvalue weighted by atomic mass is 10.2. The highest BCUT2D eigenvalue weighted by Crippen LogP contribution is 2.30. The van der Waals surface area contributed by atoms with Crippen molar-refractivity contribution in [3.8, 4) is 0 Å². The molecule has 5 nitrogen and oxygen atoms in total. The van der Waals surface area contributed by atoms with Crippen LogP contribution in [0.25, 0.3) is 0 Å². The zero-order chi connectivity index (χ0) is 13.3. The first kappa shape index (κ1) is 13.3. The van der Waals surface area contributed by atoms with Gasteiger partial charge in [-0.05, 0) is 26.9 Å². The summed E-state index contributed by atoms with van der Waals surface area (Å²) in [6.07, 6.45) is 1.78. The van der Waals surface area contributed by atoms with Gasteiger partial charge < -0.3 is 14.9 Å². The van der Waals surface area contributed by atoms with Crippen LogP contribution in [0, 0.1) is 0 Å². The molecule has 1 unspecified atom stereocenters. The first-order valence-electron chi connectivity index (χ1n) is 6.17. The van der Waals surface area contributed by atoms with Gasteiger partial charge in [0, 0.05) is 19.1 Å². The number of aryl methyl sites for hydroxylation is 1. The number of thiazole rings is 1. The molecule has 2 heterocycles. The molecule has 18 heavy (non-hydrogen) atoms. The predicted molar refractivity (Wildman–Crippen MR) is 72.8 cm³/mol. The lowest BCUT2D eigenvalue weighted by Gasteiger charge is -2.19. The molecule has 1 fully saturated rings. The third-order valence-corrected chi connectivity index (χ3v) is 4.53. The van der Waals surface area contributed by atoms with Crippen LogP contribution >= 0.6 is 11.3 Å². The normalized spacial score (nSPS) is 19.8. The van der Waals surface area contributed by atoms with Crippen molar-refractivity contribution in [2.24, 2.45) is 0 Å². The summed E-state index contributed by atoms with van der Waals surface area (Å²) < 4.78 is 0. The number of anilines is 1. The number of carboxylic acids is 1. The van der Waals surface area contributed by atoms with E-state index < -0.39 is 5.97 Å². The minimum absolute atomic E-state index is 0.390. The number of likely N-dealkylation sites (N-methyl/N-ethyl adjacent to an activating group) is 1. The van der Waals surface area contributed by atoms with Gasteiger partial charge in [-0.25, -0.2) is 9.78 Å². The number of carboxylic acid groups (broad SMARTS) is 1. The molecule has 0 spiro atoms. The molecule has 1 aliphatic heterocycles. The Kier molecular flexibility index (Phi) is 3.87. The number of carbonyl (C=O) groups is 1. The topological polar surface area (TPSA) is 56.7 Å². The molecule has 0 amide bonds. The van der Waals surface area contributed by atoms with E-state index in [0.717, 1.165) is 24.6 Å². The van der Waals surface area contributed by atoms with E-state index in [1.165, 1.54) is 11.3 Å². The first-order valence-corrected chi connectivity index (χ1v) is 6.99. The maximum Gasteiger partial charge on any atom is 0.347 e. The van der Waals surface area contributed by atoms with Gasteiger partial charge in [0.15, 0.2) is 5.13 Å². The van der Waals surface area contributed by atoms with Gasteiger partial charge in [0.05, 0.1) is 5.69 Å². The van der Waals surface area contributed by atoms with Gasteiger partial charge in [-0.15, -0.1) is 0 Å². The van der Waals surface area contributed by atoms with E-state index in [0.29, 0.717) is 23.0 Å². The van der Waals surface area contributed by atoms with Crippen LogP contribution in [0.2, 0.25) is 0 Å². The summed E-state index contributed by atoms with van der Waals surface area (Å²) in [5.41, 5.74) is 0.704. The Labute approximate surface area is 111 Å². The van der Waals surface area contributed by atoms with Crippen molar-refractivity contribution < 1.29 is 9.90 Å². The highest BCUT2D eigenvalue weighted by Gasteiger charge is 2.27. The molecule has 0 radical (unpaired) electrons. The van der Waals surface area contributed by atoms with Crippen molar-refractivity contribution in [3.63, 3.8) is 0 Å². The Bertz CT molecular complexity index is 445. The van der Waals surface area contributed by atoms with Crippen molar-refractivity contribution in [3.05, 3.63) is 10.6 Å². The molecule has 0 aliphatic carbocycles. The molecular formula is C12H19N3O2S. The molecule has 1 aliphatic rings. The van der Waals surface area contributed by atoms with Crippen LogP contribution in [0.3, 0.4) is 0 Å². The number of aromatic carboxylic acids is 1. The van der Waals surface area contributed by atoms with Crippen LogP contribution in [-0.2, 0) is 6.42 Å². The maximum absolute atomic E-state index is 11.1. The lowest BCUT2D eigenvalue weighted by Crippen LogP contribution is -2.31. The molecule has 100 valence electrons. The quantitative estimate of drug-likeness (QED) is 0.898. The molecule has 2 rings (SSSR count). The van der Waals surface area contributed by atoms with Gasteiger partial charge in [-0.1, -0.05) is 18.3 Å². The molecule has 1 aromatic rings. The van der Waals surface area contributed by atoms with E-state index in [4.69, 9.17) is 5.11 Å². The molecular weight excluding hydrogens is 250 g/mol. The van der Waals surface area contributed by atoms with Gasteiger partial charge in [0.2, 0.25) is 0 Å². The second-order valence-corrected chi connectivity index (χ2v) is 5.76. The third-order valence-electron chi connectivity index (χ3n) is 3.38. The summed E-state index contributed by atoms with van der Waals surface area (Å²) in [7, 11) is 4.16. The van der Waals surface area contributed by atoms with E-state index in [9.17, 15) is 4.79 Å². The summed E-state index contributed by atoms with van der Waals surface area (Å²) in [6, 6.07) is 0.534. The second-order valence-electron chi connectivity index (χ2n) is 4.78. The largest absolute Gasteiger partial charge is 0.477 e. The van der Waals surface area contributed by atoms with Crippen molar-refractivity contribution in [2.75, 3.05) is 32.1 Å². The van der Waals surface area contributed by atoms with Gasteiger partial charge in [0.1, 0.15) is 4.88 Å². The molecule has 1 saturated heterocycles. The van der Waals surface area contributed by atoms with Gasteiger partial charge in [0.25, 0.3) is 0 Å². The summed E-state index contributed by atoms with van der Waals surface area (Å²) in [5.74, 6) is -0.862. The highest BCUT2D eigenvalue weighted by molar-refractivity contribution is 7.17. The SMILES string of the molecule is CCc1nc(N2CCC(N(C)C)C2)sc1C(=O)O. The van der Waals surface area contributed by atoms with E-state index in [1.807, 2.05) is 6.92 Å². The van der Waals surface area contributed by atoms with Crippen molar-refractivity contribution in [2.45, 2.75) is 25.8 Å². The first-order chi connectivity index (χ1) is 8.52. The highest BCUT2D eigenvalue weighted by atomic mass is 32.1. The Morgan fingerprint density at radius 1 is 1.61 bits per heavy atom. The van der Waals surface area contributed by atoms with Gasteiger partial charge in [-0.2, -0.15) is 0 Å². The average Bonchev–Trinajstić information content (AvgIpc) is 2.95. The number of hydrogen-bond acceptors (Lipinski definition) is 5. The number of rotatable bonds is 4. The van der Waals surface area contributed by atoms with Crippen LogP contribution in [0.5, 0.6) is 0 Å². The zero-order valence-corrected chi connectivity index (χ0v) is 11.8. The van der Waals surface area contributed by atoms with E-state index in [1.54, 1.807) is 0 Å². The van der Waals surface area contributed by atoms with E-state index in [2.05, 4.69) is 28.9 Å². The smallest absolute Gasteiger partial charge is 0.347 e. The third kappa shape index (κ3) is 2.49. The van der Waals surface area contributed by atoms with Crippen molar-refractivity contribution in [1.29, 1.82) is 0 Å². The molecule has 0 aromatic carbocycles. The second kappa shape index (κ2) is 5.24. The predicted octanol–water partition coefficient (Wildman–Crippen LogP) is 1.54. The van der Waals surface area contributed by atoms with Crippen LogP contribution in [0.1, 0.15) is 28.7 Å². The maximum atomic E-state index is 11.1. The van der Waals surface area contributed by atoms with Crippen molar-refractivity contribution in [1.82, 2.24) is 9.88 Å².